The van der Waals surface area contributed by atoms with Crippen molar-refractivity contribution in [2.24, 2.45) is 0 Å². The molecule has 0 aliphatic carbocycles. The van der Waals surface area contributed by atoms with Crippen molar-refractivity contribution in [3.63, 3.8) is 0 Å². The number of ether oxygens (including phenoxy) is 3. The minimum atomic E-state index is -0.293. The molecule has 2 aromatic heterocycles. The van der Waals surface area contributed by atoms with Crippen LogP contribution in [-0.4, -0.2) is 40.8 Å². The Hall–Kier alpha value is -3.55. The van der Waals surface area contributed by atoms with Crippen LogP contribution >= 0.6 is 0 Å². The number of carbonyl (C=O) groups excluding carboxylic acids is 1. The van der Waals surface area contributed by atoms with Crippen LogP contribution in [0.25, 0.3) is 5.69 Å². The molecule has 1 atom stereocenters. The number of aromatic nitrogens is 3. The summed E-state index contributed by atoms with van der Waals surface area (Å²) < 4.78 is 18.9. The van der Waals surface area contributed by atoms with Gasteiger partial charge in [0.25, 0.3) is 5.91 Å². The molecule has 4 rings (SSSR count). The maximum absolute atomic E-state index is 13.0. The zero-order valence-corrected chi connectivity index (χ0v) is 19.0. The molecule has 0 unspecified atom stereocenters. The standard InChI is InChI=1S/C24H28N4O4/c1-6-31-21-10-22-17(9-16(21)14(2)3)19(12-32-22)26-23(29)18-7-8-20(24(27-18)30-5)28-11-15(4)25-13-28/h7-11,13-14,19H,6,12H2,1-5H3,(H,26,29)/t19-/m0/s1. The van der Waals surface area contributed by atoms with Gasteiger partial charge in [0, 0.05) is 17.8 Å². The Morgan fingerprint density at radius 3 is 2.81 bits per heavy atom. The number of fused-ring (bicyclic) bond motifs is 1. The molecular weight excluding hydrogens is 408 g/mol. The highest BCUT2D eigenvalue weighted by molar-refractivity contribution is 5.93. The summed E-state index contributed by atoms with van der Waals surface area (Å²) in [4.78, 5) is 21.6. The zero-order chi connectivity index (χ0) is 22.8. The molecule has 0 fully saturated rings. The lowest BCUT2D eigenvalue weighted by molar-refractivity contribution is 0.0924. The normalized spacial score (nSPS) is 14.8. The Labute approximate surface area is 187 Å². The van der Waals surface area contributed by atoms with Gasteiger partial charge in [0.15, 0.2) is 0 Å². The number of imidazole rings is 1. The summed E-state index contributed by atoms with van der Waals surface area (Å²) in [6.07, 6.45) is 3.55. The van der Waals surface area contributed by atoms with Gasteiger partial charge in [-0.1, -0.05) is 13.8 Å². The molecule has 0 radical (unpaired) electrons. The Morgan fingerprint density at radius 2 is 2.16 bits per heavy atom. The third kappa shape index (κ3) is 4.12. The molecule has 3 aromatic rings. The van der Waals surface area contributed by atoms with Gasteiger partial charge in [0.1, 0.15) is 29.5 Å². The van der Waals surface area contributed by atoms with E-state index in [4.69, 9.17) is 14.2 Å². The number of carbonyl (C=O) groups is 1. The van der Waals surface area contributed by atoms with Crippen molar-refractivity contribution in [2.75, 3.05) is 20.3 Å². The first-order chi connectivity index (χ1) is 15.4. The van der Waals surface area contributed by atoms with Gasteiger partial charge < -0.3 is 24.1 Å². The van der Waals surface area contributed by atoms with E-state index in [0.29, 0.717) is 24.8 Å². The summed E-state index contributed by atoms with van der Waals surface area (Å²) in [6.45, 7) is 9.04. The van der Waals surface area contributed by atoms with E-state index in [1.807, 2.05) is 30.7 Å². The molecule has 168 valence electrons. The van der Waals surface area contributed by atoms with Crippen molar-refractivity contribution in [3.05, 3.63) is 59.3 Å². The number of hydrogen-bond donors (Lipinski definition) is 1. The quantitative estimate of drug-likeness (QED) is 0.603. The highest BCUT2D eigenvalue weighted by Crippen LogP contribution is 2.40. The highest BCUT2D eigenvalue weighted by Gasteiger charge is 2.29. The van der Waals surface area contributed by atoms with Gasteiger partial charge in [-0.2, -0.15) is 0 Å². The van der Waals surface area contributed by atoms with Crippen molar-refractivity contribution in [2.45, 2.75) is 39.7 Å². The van der Waals surface area contributed by atoms with Gasteiger partial charge in [-0.25, -0.2) is 9.97 Å². The van der Waals surface area contributed by atoms with Crippen LogP contribution < -0.4 is 19.5 Å². The number of methoxy groups -OCH3 is 1. The van der Waals surface area contributed by atoms with Crippen molar-refractivity contribution >= 4 is 5.91 Å². The second-order valence-electron chi connectivity index (χ2n) is 8.00. The third-order valence-corrected chi connectivity index (χ3v) is 5.41. The van der Waals surface area contributed by atoms with E-state index in [1.54, 1.807) is 18.5 Å². The molecule has 0 saturated carbocycles. The fourth-order valence-corrected chi connectivity index (χ4v) is 3.80. The monoisotopic (exact) mass is 436 g/mol. The van der Waals surface area contributed by atoms with Gasteiger partial charge in [0.05, 0.1) is 31.8 Å². The van der Waals surface area contributed by atoms with Crippen LogP contribution in [0, 0.1) is 6.92 Å². The zero-order valence-electron chi connectivity index (χ0n) is 19.0. The average molecular weight is 437 g/mol. The minimum absolute atomic E-state index is 0.269. The Kier molecular flexibility index (Phi) is 6.03. The van der Waals surface area contributed by atoms with Gasteiger partial charge in [-0.05, 0) is 43.5 Å². The fraction of sp³-hybridized carbons (Fsp3) is 0.375. The first-order valence-electron chi connectivity index (χ1n) is 10.7. The molecule has 1 amide bonds. The first-order valence-corrected chi connectivity index (χ1v) is 10.7. The fourth-order valence-electron chi connectivity index (χ4n) is 3.80. The first kappa shape index (κ1) is 21.7. The number of hydrogen-bond acceptors (Lipinski definition) is 6. The van der Waals surface area contributed by atoms with Crippen LogP contribution in [0.5, 0.6) is 17.4 Å². The van der Waals surface area contributed by atoms with Gasteiger partial charge >= 0.3 is 0 Å². The van der Waals surface area contributed by atoms with Crippen molar-refractivity contribution in [1.82, 2.24) is 19.9 Å². The number of pyridine rings is 1. The van der Waals surface area contributed by atoms with E-state index in [9.17, 15) is 4.79 Å². The topological polar surface area (TPSA) is 87.5 Å². The Morgan fingerprint density at radius 1 is 1.34 bits per heavy atom. The lowest BCUT2D eigenvalue weighted by Crippen LogP contribution is -2.30. The van der Waals surface area contributed by atoms with Crippen LogP contribution in [0.3, 0.4) is 0 Å². The largest absolute Gasteiger partial charge is 0.493 e. The smallest absolute Gasteiger partial charge is 0.270 e. The summed E-state index contributed by atoms with van der Waals surface area (Å²) in [6, 6.07) is 7.20. The highest BCUT2D eigenvalue weighted by atomic mass is 16.5. The predicted octanol–water partition coefficient (Wildman–Crippen LogP) is 3.97. The second kappa shape index (κ2) is 8.90. The molecule has 8 nitrogen and oxygen atoms in total. The lowest BCUT2D eigenvalue weighted by atomic mass is 9.97. The predicted molar refractivity (Wildman–Crippen MR) is 120 cm³/mol. The molecule has 0 bridgehead atoms. The SMILES string of the molecule is CCOc1cc2c(cc1C(C)C)[C@@H](NC(=O)c1ccc(-n3cnc(C)c3)c(OC)n1)CO2. The van der Waals surface area contributed by atoms with Gasteiger partial charge in [-0.3, -0.25) is 4.79 Å². The minimum Gasteiger partial charge on any atom is -0.493 e. The van der Waals surface area contributed by atoms with Crippen LogP contribution in [0.15, 0.2) is 36.8 Å². The summed E-state index contributed by atoms with van der Waals surface area (Å²) in [7, 11) is 1.53. The maximum atomic E-state index is 13.0. The second-order valence-corrected chi connectivity index (χ2v) is 8.00. The molecule has 1 aromatic carbocycles. The molecule has 3 heterocycles. The van der Waals surface area contributed by atoms with E-state index < -0.39 is 0 Å². The summed E-state index contributed by atoms with van der Waals surface area (Å²) >= 11 is 0. The number of nitrogens with zero attached hydrogens (tertiary/aromatic N) is 3. The number of rotatable bonds is 7. The summed E-state index contributed by atoms with van der Waals surface area (Å²) in [5.74, 6) is 1.90. The molecule has 8 heteroatoms. The molecule has 1 aliphatic heterocycles. The molecule has 0 spiro atoms. The van der Waals surface area contributed by atoms with Crippen LogP contribution in [0.4, 0.5) is 0 Å². The number of amides is 1. The number of aryl methyl sites for hydroxylation is 1. The molecular formula is C24H28N4O4. The van der Waals surface area contributed by atoms with Crippen molar-refractivity contribution in [3.8, 4) is 23.1 Å². The van der Waals surface area contributed by atoms with Crippen LogP contribution in [0.2, 0.25) is 0 Å². The maximum Gasteiger partial charge on any atom is 0.270 e. The van der Waals surface area contributed by atoms with E-state index >= 15 is 0 Å². The van der Waals surface area contributed by atoms with E-state index in [0.717, 1.165) is 28.3 Å². The Balaban J connectivity index is 1.57. The molecule has 1 N–H and O–H groups in total. The van der Waals surface area contributed by atoms with E-state index in [2.05, 4.69) is 35.2 Å². The summed E-state index contributed by atoms with van der Waals surface area (Å²) in [5, 5.41) is 3.04. The van der Waals surface area contributed by atoms with Gasteiger partial charge in [0.2, 0.25) is 5.88 Å². The lowest BCUT2D eigenvalue weighted by Gasteiger charge is -2.17. The molecule has 0 saturated heterocycles. The van der Waals surface area contributed by atoms with Crippen LogP contribution in [-0.2, 0) is 0 Å². The number of benzene rings is 1. The van der Waals surface area contributed by atoms with Crippen molar-refractivity contribution < 1.29 is 19.0 Å². The van der Waals surface area contributed by atoms with Crippen molar-refractivity contribution in [1.29, 1.82) is 0 Å². The summed E-state index contributed by atoms with van der Waals surface area (Å²) in [5.41, 5.74) is 3.90. The Bertz CT molecular complexity index is 1140. The van der Waals surface area contributed by atoms with E-state index in [1.165, 1.54) is 7.11 Å². The average Bonchev–Trinajstić information content (AvgIpc) is 3.38. The number of nitrogens with one attached hydrogen (secondary N) is 1. The molecule has 32 heavy (non-hydrogen) atoms. The van der Waals surface area contributed by atoms with E-state index in [-0.39, 0.29) is 23.6 Å². The molecule has 1 aliphatic rings. The van der Waals surface area contributed by atoms with Gasteiger partial charge in [-0.15, -0.1) is 0 Å². The third-order valence-electron chi connectivity index (χ3n) is 5.41. The van der Waals surface area contributed by atoms with Crippen LogP contribution in [0.1, 0.15) is 60.0 Å².